The Bertz CT molecular complexity index is 1110. The van der Waals surface area contributed by atoms with Crippen molar-refractivity contribution in [3.8, 4) is 11.3 Å². The Labute approximate surface area is 178 Å². The molecule has 1 aromatic carbocycles. The number of anilines is 1. The molecule has 3 aromatic rings. The van der Waals surface area contributed by atoms with Crippen LogP contribution in [0.15, 0.2) is 36.7 Å². The minimum atomic E-state index is -4.47. The van der Waals surface area contributed by atoms with Crippen molar-refractivity contribution in [3.63, 3.8) is 0 Å². The topological polar surface area (TPSA) is 53.9 Å². The monoisotopic (exact) mass is 427 g/mol. The number of alkyl halides is 3. The first-order valence-corrected chi connectivity index (χ1v) is 10.7. The average Bonchev–Trinajstić information content (AvgIpc) is 3.59. The van der Waals surface area contributed by atoms with E-state index < -0.39 is 11.7 Å². The molecule has 0 radical (unpaired) electrons. The Hall–Kier alpha value is -2.74. The van der Waals surface area contributed by atoms with Crippen molar-refractivity contribution in [1.29, 1.82) is 0 Å². The third-order valence-corrected chi connectivity index (χ3v) is 6.20. The Morgan fingerprint density at radius 3 is 2.65 bits per heavy atom. The number of rotatable bonds is 4. The molecule has 1 aliphatic carbocycles. The van der Waals surface area contributed by atoms with Gasteiger partial charge in [0.1, 0.15) is 5.69 Å². The van der Waals surface area contributed by atoms with E-state index in [0.717, 1.165) is 44.3 Å². The number of nitrogens with zero attached hydrogens (tertiary/aromatic N) is 4. The fourth-order valence-corrected chi connectivity index (χ4v) is 4.45. The van der Waals surface area contributed by atoms with Crippen molar-refractivity contribution in [2.75, 3.05) is 25.5 Å². The number of hydrogen-bond acceptors (Lipinski definition) is 5. The van der Waals surface area contributed by atoms with Gasteiger partial charge in [0, 0.05) is 41.3 Å². The Kier molecular flexibility index (Phi) is 5.04. The van der Waals surface area contributed by atoms with Gasteiger partial charge in [0.25, 0.3) is 0 Å². The van der Waals surface area contributed by atoms with Crippen LogP contribution in [0.5, 0.6) is 0 Å². The van der Waals surface area contributed by atoms with Gasteiger partial charge >= 0.3 is 6.18 Å². The number of likely N-dealkylation sites (N-methyl/N-ethyl adjacent to an activating group) is 1. The highest BCUT2D eigenvalue weighted by molar-refractivity contribution is 6.00. The van der Waals surface area contributed by atoms with E-state index in [1.165, 1.54) is 6.07 Å². The fourth-order valence-electron chi connectivity index (χ4n) is 4.45. The number of halogens is 3. The molecule has 1 aliphatic heterocycles. The van der Waals surface area contributed by atoms with Crippen LogP contribution in [0.3, 0.4) is 0 Å². The standard InChI is InChI=1S/C23H24F3N5/c1-31-10-2-3-16(13-31)28-22-19-12-27-9-8-17(19)21(29-30-22)18-7-6-15(14-4-5-14)11-20(18)23(24,25)26/h6-9,11-12,14,16H,2-5,10,13H2,1H3,(H,28,30)/t16-/m1/s1. The van der Waals surface area contributed by atoms with Gasteiger partial charge in [-0.2, -0.15) is 13.2 Å². The summed E-state index contributed by atoms with van der Waals surface area (Å²) in [5.41, 5.74) is 0.386. The number of nitrogens with one attached hydrogen (secondary N) is 1. The van der Waals surface area contributed by atoms with E-state index in [1.807, 2.05) is 0 Å². The van der Waals surface area contributed by atoms with E-state index >= 15 is 0 Å². The van der Waals surface area contributed by atoms with Gasteiger partial charge in [0.2, 0.25) is 0 Å². The Morgan fingerprint density at radius 1 is 1.06 bits per heavy atom. The number of likely N-dealkylation sites (tertiary alicyclic amines) is 1. The molecular weight excluding hydrogens is 403 g/mol. The first kappa shape index (κ1) is 20.2. The summed E-state index contributed by atoms with van der Waals surface area (Å²) in [5, 5.41) is 13.3. The molecule has 0 unspecified atom stereocenters. The molecule has 0 bridgehead atoms. The van der Waals surface area contributed by atoms with Crippen LogP contribution in [-0.4, -0.2) is 46.3 Å². The molecular formula is C23H24F3N5. The van der Waals surface area contributed by atoms with Gasteiger partial charge in [-0.05, 0) is 62.9 Å². The molecule has 1 saturated heterocycles. The summed E-state index contributed by atoms with van der Waals surface area (Å²) in [4.78, 5) is 6.44. The summed E-state index contributed by atoms with van der Waals surface area (Å²) in [7, 11) is 2.08. The van der Waals surface area contributed by atoms with Gasteiger partial charge in [-0.1, -0.05) is 12.1 Å². The van der Waals surface area contributed by atoms with Crippen LogP contribution in [0.25, 0.3) is 22.0 Å². The average molecular weight is 427 g/mol. The molecule has 1 saturated carbocycles. The largest absolute Gasteiger partial charge is 0.417 e. The third-order valence-electron chi connectivity index (χ3n) is 6.20. The van der Waals surface area contributed by atoms with E-state index in [2.05, 4.69) is 32.4 Å². The zero-order chi connectivity index (χ0) is 21.6. The second kappa shape index (κ2) is 7.75. The predicted molar refractivity (Wildman–Crippen MR) is 114 cm³/mol. The van der Waals surface area contributed by atoms with Crippen LogP contribution in [0, 0.1) is 0 Å². The van der Waals surface area contributed by atoms with E-state index in [4.69, 9.17) is 0 Å². The second-order valence-electron chi connectivity index (χ2n) is 8.64. The van der Waals surface area contributed by atoms with Gasteiger partial charge in [-0.3, -0.25) is 4.98 Å². The maximum absolute atomic E-state index is 13.9. The lowest BCUT2D eigenvalue weighted by Crippen LogP contribution is -2.40. The van der Waals surface area contributed by atoms with Crippen LogP contribution >= 0.6 is 0 Å². The maximum atomic E-state index is 13.9. The van der Waals surface area contributed by atoms with E-state index in [-0.39, 0.29) is 23.2 Å². The Balaban J connectivity index is 1.59. The lowest BCUT2D eigenvalue weighted by atomic mass is 9.96. The summed E-state index contributed by atoms with van der Waals surface area (Å²) < 4.78 is 41.8. The molecule has 0 spiro atoms. The summed E-state index contributed by atoms with van der Waals surface area (Å²) in [6.45, 7) is 1.94. The number of benzene rings is 1. The molecule has 3 heterocycles. The normalized spacial score (nSPS) is 20.2. The van der Waals surface area contributed by atoms with E-state index in [0.29, 0.717) is 16.6 Å². The Morgan fingerprint density at radius 2 is 1.90 bits per heavy atom. The van der Waals surface area contributed by atoms with Crippen molar-refractivity contribution in [2.45, 2.75) is 43.8 Å². The lowest BCUT2D eigenvalue weighted by molar-refractivity contribution is -0.137. The number of aromatic nitrogens is 3. The van der Waals surface area contributed by atoms with Gasteiger partial charge in [0.05, 0.1) is 5.56 Å². The molecule has 5 rings (SSSR count). The summed E-state index contributed by atoms with van der Waals surface area (Å²) in [6, 6.07) is 6.55. The second-order valence-corrected chi connectivity index (χ2v) is 8.64. The first-order valence-electron chi connectivity index (χ1n) is 10.7. The lowest BCUT2D eigenvalue weighted by Gasteiger charge is -2.30. The highest BCUT2D eigenvalue weighted by atomic mass is 19.4. The number of hydrogen-bond donors (Lipinski definition) is 1. The van der Waals surface area contributed by atoms with Crippen molar-refractivity contribution in [3.05, 3.63) is 47.8 Å². The molecule has 2 aromatic heterocycles. The predicted octanol–water partition coefficient (Wildman–Crippen LogP) is 5.09. The van der Waals surface area contributed by atoms with Crippen LogP contribution in [0.1, 0.15) is 42.7 Å². The van der Waals surface area contributed by atoms with E-state index in [9.17, 15) is 13.2 Å². The summed E-state index contributed by atoms with van der Waals surface area (Å²) in [6.07, 6.45) is 2.74. The molecule has 5 nitrogen and oxygen atoms in total. The SMILES string of the molecule is CN1CCC[C@@H](Nc2nnc(-c3ccc(C4CC4)cc3C(F)(F)F)c3ccncc23)C1. The van der Waals surface area contributed by atoms with Gasteiger partial charge in [-0.25, -0.2) is 0 Å². The van der Waals surface area contributed by atoms with Crippen molar-refractivity contribution in [1.82, 2.24) is 20.1 Å². The number of piperidine rings is 1. The maximum Gasteiger partial charge on any atom is 0.417 e. The molecule has 2 fully saturated rings. The minimum Gasteiger partial charge on any atom is -0.364 e. The van der Waals surface area contributed by atoms with E-state index in [1.54, 1.807) is 30.6 Å². The number of pyridine rings is 1. The fraction of sp³-hybridized carbons (Fsp3) is 0.435. The van der Waals surface area contributed by atoms with Gasteiger partial charge in [-0.15, -0.1) is 10.2 Å². The van der Waals surface area contributed by atoms with Crippen LogP contribution in [-0.2, 0) is 6.18 Å². The molecule has 162 valence electrons. The molecule has 1 atom stereocenters. The smallest absolute Gasteiger partial charge is 0.364 e. The highest BCUT2D eigenvalue weighted by Crippen LogP contribution is 2.45. The van der Waals surface area contributed by atoms with Crippen molar-refractivity contribution >= 4 is 16.6 Å². The van der Waals surface area contributed by atoms with Crippen molar-refractivity contribution < 1.29 is 13.2 Å². The summed E-state index contributed by atoms with van der Waals surface area (Å²) in [5.74, 6) is 0.803. The van der Waals surface area contributed by atoms with Gasteiger partial charge in [0.15, 0.2) is 5.82 Å². The third kappa shape index (κ3) is 4.08. The zero-order valence-corrected chi connectivity index (χ0v) is 17.3. The van der Waals surface area contributed by atoms with Crippen LogP contribution < -0.4 is 5.32 Å². The van der Waals surface area contributed by atoms with Crippen LogP contribution in [0.4, 0.5) is 19.0 Å². The summed E-state index contributed by atoms with van der Waals surface area (Å²) >= 11 is 0. The molecule has 8 heteroatoms. The van der Waals surface area contributed by atoms with Crippen molar-refractivity contribution in [2.24, 2.45) is 0 Å². The highest BCUT2D eigenvalue weighted by Gasteiger charge is 2.36. The quantitative estimate of drug-likeness (QED) is 0.628. The first-order chi connectivity index (χ1) is 14.9. The van der Waals surface area contributed by atoms with Gasteiger partial charge < -0.3 is 10.2 Å². The molecule has 1 N–H and O–H groups in total. The zero-order valence-electron chi connectivity index (χ0n) is 17.3. The molecule has 31 heavy (non-hydrogen) atoms. The minimum absolute atomic E-state index is 0.0598. The molecule has 2 aliphatic rings. The molecule has 0 amide bonds. The van der Waals surface area contributed by atoms with Crippen LogP contribution in [0.2, 0.25) is 0 Å². The number of fused-ring (bicyclic) bond motifs is 1.